The summed E-state index contributed by atoms with van der Waals surface area (Å²) >= 11 is 7.17. The quantitative estimate of drug-likeness (QED) is 0.897. The van der Waals surface area contributed by atoms with Gasteiger partial charge in [0.25, 0.3) is 0 Å². The summed E-state index contributed by atoms with van der Waals surface area (Å²) in [7, 11) is 0. The first-order valence-corrected chi connectivity index (χ1v) is 6.37. The second kappa shape index (κ2) is 4.96. The van der Waals surface area contributed by atoms with E-state index >= 15 is 0 Å². The molecule has 2 rings (SSSR count). The Morgan fingerprint density at radius 3 is 2.83 bits per heavy atom. The first-order valence-electron chi connectivity index (χ1n) is 5.22. The van der Waals surface area contributed by atoms with Crippen LogP contribution in [0, 0.1) is 13.8 Å². The number of rotatable bonds is 3. The lowest BCUT2D eigenvalue weighted by molar-refractivity contribution is 0.0697. The molecule has 0 aliphatic rings. The van der Waals surface area contributed by atoms with Crippen molar-refractivity contribution >= 4 is 39.8 Å². The molecule has 0 saturated carbocycles. The predicted octanol–water partition coefficient (Wildman–Crippen LogP) is 3.86. The average Bonchev–Trinajstić information content (AvgIpc) is 2.65. The molecule has 0 radical (unpaired) electrons. The largest absolute Gasteiger partial charge is 0.478 e. The molecule has 1 heterocycles. The number of halogens is 1. The minimum atomic E-state index is -0.993. The summed E-state index contributed by atoms with van der Waals surface area (Å²) in [6.07, 6.45) is 0. The van der Waals surface area contributed by atoms with Crippen molar-refractivity contribution in [1.29, 1.82) is 0 Å². The highest BCUT2D eigenvalue weighted by atomic mass is 35.5. The van der Waals surface area contributed by atoms with Crippen molar-refractivity contribution in [2.45, 2.75) is 13.8 Å². The smallest absolute Gasteiger partial charge is 0.340 e. The number of carboxylic acid groups (broad SMARTS) is 1. The second-order valence-corrected chi connectivity index (χ2v) is 5.07. The Hall–Kier alpha value is -1.59. The summed E-state index contributed by atoms with van der Waals surface area (Å²) in [4.78, 5) is 11.1. The van der Waals surface area contributed by atoms with Crippen LogP contribution in [-0.2, 0) is 0 Å². The Kier molecular flexibility index (Phi) is 3.54. The Morgan fingerprint density at radius 1 is 1.44 bits per heavy atom. The van der Waals surface area contributed by atoms with Gasteiger partial charge in [-0.15, -0.1) is 0 Å². The van der Waals surface area contributed by atoms with E-state index in [1.807, 2.05) is 19.1 Å². The van der Waals surface area contributed by atoms with E-state index < -0.39 is 5.97 Å². The molecule has 2 N–H and O–H groups in total. The molecule has 1 aromatic heterocycles. The summed E-state index contributed by atoms with van der Waals surface area (Å²) in [5.41, 5.74) is 2.42. The molecule has 0 amide bonds. The van der Waals surface area contributed by atoms with Gasteiger partial charge in [0.05, 0.1) is 16.4 Å². The number of nitrogens with zero attached hydrogens (tertiary/aromatic N) is 1. The SMILES string of the molecule is Cc1ccc(Cl)c(Nc2snc(C)c2C(=O)O)c1. The molecule has 0 spiro atoms. The Morgan fingerprint density at radius 2 is 2.17 bits per heavy atom. The molecule has 6 heteroatoms. The molecular weight excluding hydrogens is 272 g/mol. The molecular formula is C12H11ClN2O2S. The third-order valence-electron chi connectivity index (χ3n) is 2.45. The fourth-order valence-electron chi connectivity index (χ4n) is 1.56. The molecule has 18 heavy (non-hydrogen) atoms. The van der Waals surface area contributed by atoms with Gasteiger partial charge in [-0.25, -0.2) is 4.79 Å². The van der Waals surface area contributed by atoms with Gasteiger partial charge in [0.2, 0.25) is 0 Å². The second-order valence-electron chi connectivity index (χ2n) is 3.89. The van der Waals surface area contributed by atoms with E-state index in [0.29, 0.717) is 21.4 Å². The molecule has 4 nitrogen and oxygen atoms in total. The van der Waals surface area contributed by atoms with Crippen molar-refractivity contribution in [3.8, 4) is 0 Å². The van der Waals surface area contributed by atoms with Gasteiger partial charge in [0, 0.05) is 0 Å². The minimum Gasteiger partial charge on any atom is -0.478 e. The van der Waals surface area contributed by atoms with Crippen LogP contribution in [0.4, 0.5) is 10.7 Å². The highest BCUT2D eigenvalue weighted by Crippen LogP contribution is 2.31. The van der Waals surface area contributed by atoms with Crippen LogP contribution in [0.3, 0.4) is 0 Å². The van der Waals surface area contributed by atoms with Crippen LogP contribution in [0.5, 0.6) is 0 Å². The van der Waals surface area contributed by atoms with Gasteiger partial charge in [0.15, 0.2) is 0 Å². The lowest BCUT2D eigenvalue weighted by atomic mass is 10.2. The predicted molar refractivity (Wildman–Crippen MR) is 73.3 cm³/mol. The summed E-state index contributed by atoms with van der Waals surface area (Å²) in [6.45, 7) is 3.61. The molecule has 94 valence electrons. The highest BCUT2D eigenvalue weighted by Gasteiger charge is 2.18. The molecule has 1 aromatic carbocycles. The Balaban J connectivity index is 2.40. The van der Waals surface area contributed by atoms with E-state index in [0.717, 1.165) is 17.1 Å². The van der Waals surface area contributed by atoms with Crippen molar-refractivity contribution in [1.82, 2.24) is 4.37 Å². The highest BCUT2D eigenvalue weighted by molar-refractivity contribution is 7.10. The topological polar surface area (TPSA) is 62.2 Å². The van der Waals surface area contributed by atoms with Crippen molar-refractivity contribution in [3.63, 3.8) is 0 Å². The van der Waals surface area contributed by atoms with Gasteiger partial charge >= 0.3 is 5.97 Å². The molecule has 0 bridgehead atoms. The lowest BCUT2D eigenvalue weighted by Crippen LogP contribution is -2.01. The van der Waals surface area contributed by atoms with E-state index in [-0.39, 0.29) is 5.56 Å². The molecule has 2 aromatic rings. The number of carbonyl (C=O) groups is 1. The Bertz CT molecular complexity index is 610. The summed E-state index contributed by atoms with van der Waals surface area (Å²) in [5, 5.41) is 13.2. The monoisotopic (exact) mass is 282 g/mol. The van der Waals surface area contributed by atoms with Crippen LogP contribution in [0.25, 0.3) is 0 Å². The minimum absolute atomic E-state index is 0.192. The standard InChI is InChI=1S/C12H11ClN2O2S/c1-6-3-4-8(13)9(5-6)14-11-10(12(16)17)7(2)15-18-11/h3-5,14H,1-2H3,(H,16,17). The maximum Gasteiger partial charge on any atom is 0.340 e. The van der Waals surface area contributed by atoms with E-state index in [1.165, 1.54) is 0 Å². The summed E-state index contributed by atoms with van der Waals surface area (Å²) in [6, 6.07) is 5.53. The van der Waals surface area contributed by atoms with E-state index in [4.69, 9.17) is 16.7 Å². The maximum atomic E-state index is 11.1. The van der Waals surface area contributed by atoms with Gasteiger partial charge in [-0.3, -0.25) is 0 Å². The molecule has 0 atom stereocenters. The van der Waals surface area contributed by atoms with Gasteiger partial charge in [0.1, 0.15) is 10.6 Å². The van der Waals surface area contributed by atoms with Crippen molar-refractivity contribution in [2.75, 3.05) is 5.32 Å². The van der Waals surface area contributed by atoms with E-state index in [2.05, 4.69) is 9.69 Å². The third kappa shape index (κ3) is 2.47. The number of hydrogen-bond acceptors (Lipinski definition) is 4. The van der Waals surface area contributed by atoms with Gasteiger partial charge in [-0.1, -0.05) is 17.7 Å². The van der Waals surface area contributed by atoms with Crippen LogP contribution in [-0.4, -0.2) is 15.4 Å². The first-order chi connectivity index (χ1) is 8.49. The number of benzene rings is 1. The van der Waals surface area contributed by atoms with Crippen LogP contribution in [0.15, 0.2) is 18.2 Å². The summed E-state index contributed by atoms with van der Waals surface area (Å²) < 4.78 is 4.04. The molecule has 0 unspecified atom stereocenters. The van der Waals surface area contributed by atoms with Crippen LogP contribution in [0.2, 0.25) is 5.02 Å². The van der Waals surface area contributed by atoms with Gasteiger partial charge < -0.3 is 10.4 Å². The molecule has 0 aliphatic carbocycles. The summed E-state index contributed by atoms with van der Waals surface area (Å²) in [5.74, 6) is -0.993. The van der Waals surface area contributed by atoms with E-state index in [1.54, 1.807) is 13.0 Å². The molecule has 0 aliphatic heterocycles. The van der Waals surface area contributed by atoms with Gasteiger partial charge in [-0.2, -0.15) is 4.37 Å². The van der Waals surface area contributed by atoms with E-state index in [9.17, 15) is 4.79 Å². The lowest BCUT2D eigenvalue weighted by Gasteiger charge is -2.08. The maximum absolute atomic E-state index is 11.1. The van der Waals surface area contributed by atoms with Crippen molar-refractivity contribution < 1.29 is 9.90 Å². The zero-order chi connectivity index (χ0) is 13.3. The number of anilines is 2. The fourth-order valence-corrected chi connectivity index (χ4v) is 2.53. The number of aryl methyl sites for hydroxylation is 2. The van der Waals surface area contributed by atoms with Gasteiger partial charge in [-0.05, 0) is 43.1 Å². The number of nitrogens with one attached hydrogen (secondary N) is 1. The number of carboxylic acids is 1. The Labute approximate surface area is 113 Å². The van der Waals surface area contributed by atoms with Crippen LogP contribution < -0.4 is 5.32 Å². The zero-order valence-electron chi connectivity index (χ0n) is 9.82. The number of hydrogen-bond donors (Lipinski definition) is 2. The normalized spacial score (nSPS) is 10.4. The number of aromatic nitrogens is 1. The van der Waals surface area contributed by atoms with Crippen LogP contribution >= 0.6 is 23.1 Å². The molecule has 0 saturated heterocycles. The van der Waals surface area contributed by atoms with Crippen molar-refractivity contribution in [2.24, 2.45) is 0 Å². The first kappa shape index (κ1) is 12.9. The van der Waals surface area contributed by atoms with Crippen molar-refractivity contribution in [3.05, 3.63) is 40.0 Å². The average molecular weight is 283 g/mol. The zero-order valence-corrected chi connectivity index (χ0v) is 11.4. The fraction of sp³-hybridized carbons (Fsp3) is 0.167. The third-order valence-corrected chi connectivity index (χ3v) is 3.63. The number of aromatic carboxylic acids is 1. The van der Waals surface area contributed by atoms with Crippen LogP contribution in [0.1, 0.15) is 21.6 Å². The molecule has 0 fully saturated rings.